The van der Waals surface area contributed by atoms with Gasteiger partial charge in [0.1, 0.15) is 11.6 Å². The summed E-state index contributed by atoms with van der Waals surface area (Å²) in [4.78, 5) is 12.0. The SMILES string of the molecule is Cc1nc(N)nc(NC(C)c2ccc(F)cc2)n1. The Morgan fingerprint density at radius 2 is 1.83 bits per heavy atom. The Bertz CT molecular complexity index is 520. The second kappa shape index (κ2) is 4.95. The van der Waals surface area contributed by atoms with Crippen molar-refractivity contribution in [2.75, 3.05) is 11.1 Å². The zero-order valence-electron chi connectivity index (χ0n) is 10.2. The van der Waals surface area contributed by atoms with Gasteiger partial charge < -0.3 is 11.1 Å². The molecule has 0 aliphatic rings. The lowest BCUT2D eigenvalue weighted by Crippen LogP contribution is -2.12. The molecule has 0 fully saturated rings. The number of anilines is 2. The van der Waals surface area contributed by atoms with E-state index in [0.717, 1.165) is 5.56 Å². The topological polar surface area (TPSA) is 76.7 Å². The molecule has 0 saturated carbocycles. The molecule has 2 aromatic rings. The minimum absolute atomic E-state index is 0.0493. The Hall–Kier alpha value is -2.24. The average Bonchev–Trinajstić information content (AvgIpc) is 2.28. The van der Waals surface area contributed by atoms with Crippen LogP contribution in [0.15, 0.2) is 24.3 Å². The molecule has 2 rings (SSSR count). The number of hydrogen-bond acceptors (Lipinski definition) is 5. The third kappa shape index (κ3) is 2.91. The first-order chi connectivity index (χ1) is 8.54. The first-order valence-corrected chi connectivity index (χ1v) is 5.55. The molecule has 0 radical (unpaired) electrons. The molecule has 5 nitrogen and oxygen atoms in total. The lowest BCUT2D eigenvalue weighted by Gasteiger charge is -2.14. The maximum Gasteiger partial charge on any atom is 0.228 e. The summed E-state index contributed by atoms with van der Waals surface area (Å²) in [5, 5.41) is 3.09. The van der Waals surface area contributed by atoms with Crippen LogP contribution in [0, 0.1) is 12.7 Å². The van der Waals surface area contributed by atoms with Gasteiger partial charge >= 0.3 is 0 Å². The summed E-state index contributed by atoms with van der Waals surface area (Å²) in [6.07, 6.45) is 0. The molecule has 18 heavy (non-hydrogen) atoms. The van der Waals surface area contributed by atoms with Crippen molar-refractivity contribution in [1.29, 1.82) is 0 Å². The number of benzene rings is 1. The number of nitrogens with one attached hydrogen (secondary N) is 1. The van der Waals surface area contributed by atoms with Crippen molar-refractivity contribution < 1.29 is 4.39 Å². The Morgan fingerprint density at radius 1 is 1.17 bits per heavy atom. The summed E-state index contributed by atoms with van der Waals surface area (Å²) >= 11 is 0. The van der Waals surface area contributed by atoms with Gasteiger partial charge in [-0.3, -0.25) is 0 Å². The number of nitrogens with zero attached hydrogens (tertiary/aromatic N) is 3. The molecule has 1 aromatic carbocycles. The van der Waals surface area contributed by atoms with E-state index in [2.05, 4.69) is 20.3 Å². The van der Waals surface area contributed by atoms with Gasteiger partial charge in [0, 0.05) is 0 Å². The molecule has 1 heterocycles. The predicted octanol–water partition coefficient (Wildman–Crippen LogP) is 2.07. The number of rotatable bonds is 3. The van der Waals surface area contributed by atoms with Crippen LogP contribution in [0.2, 0.25) is 0 Å². The second-order valence-corrected chi connectivity index (χ2v) is 3.98. The number of hydrogen-bond donors (Lipinski definition) is 2. The van der Waals surface area contributed by atoms with Crippen molar-refractivity contribution >= 4 is 11.9 Å². The van der Waals surface area contributed by atoms with Crippen LogP contribution >= 0.6 is 0 Å². The molecule has 0 aliphatic heterocycles. The summed E-state index contributed by atoms with van der Waals surface area (Å²) < 4.78 is 12.8. The van der Waals surface area contributed by atoms with E-state index in [9.17, 15) is 4.39 Å². The van der Waals surface area contributed by atoms with Crippen molar-refractivity contribution in [2.24, 2.45) is 0 Å². The molecule has 1 unspecified atom stereocenters. The molecule has 94 valence electrons. The van der Waals surface area contributed by atoms with Crippen LogP contribution in [0.25, 0.3) is 0 Å². The maximum atomic E-state index is 12.8. The van der Waals surface area contributed by atoms with Crippen LogP contribution in [0.4, 0.5) is 16.3 Å². The Morgan fingerprint density at radius 3 is 2.44 bits per heavy atom. The fourth-order valence-electron chi connectivity index (χ4n) is 1.60. The number of halogens is 1. The maximum absolute atomic E-state index is 12.8. The van der Waals surface area contributed by atoms with Gasteiger partial charge in [-0.1, -0.05) is 12.1 Å². The van der Waals surface area contributed by atoms with Crippen molar-refractivity contribution in [1.82, 2.24) is 15.0 Å². The predicted molar refractivity (Wildman–Crippen MR) is 67.4 cm³/mol. The summed E-state index contributed by atoms with van der Waals surface area (Å²) in [6, 6.07) is 6.21. The van der Waals surface area contributed by atoms with Crippen LogP contribution in [-0.4, -0.2) is 15.0 Å². The fourth-order valence-corrected chi connectivity index (χ4v) is 1.60. The molecular weight excluding hydrogens is 233 g/mol. The lowest BCUT2D eigenvalue weighted by atomic mass is 10.1. The monoisotopic (exact) mass is 247 g/mol. The highest BCUT2D eigenvalue weighted by molar-refractivity contribution is 5.35. The van der Waals surface area contributed by atoms with Gasteiger partial charge in [0.2, 0.25) is 11.9 Å². The standard InChI is InChI=1S/C12H14FN5/c1-7(9-3-5-10(13)6-4-9)15-12-17-8(2)16-11(14)18-12/h3-7H,1-2H3,(H3,14,15,16,17,18). The van der Waals surface area contributed by atoms with E-state index in [4.69, 9.17) is 5.73 Å². The lowest BCUT2D eigenvalue weighted by molar-refractivity contribution is 0.626. The quantitative estimate of drug-likeness (QED) is 0.868. The largest absolute Gasteiger partial charge is 0.368 e. The summed E-state index contributed by atoms with van der Waals surface area (Å²) in [5.74, 6) is 0.885. The molecule has 3 N–H and O–H groups in total. The molecule has 6 heteroatoms. The van der Waals surface area contributed by atoms with E-state index >= 15 is 0 Å². The number of nitrogens with two attached hydrogens (primary N) is 1. The van der Waals surface area contributed by atoms with Crippen LogP contribution in [0.1, 0.15) is 24.4 Å². The zero-order chi connectivity index (χ0) is 13.1. The molecule has 0 bridgehead atoms. The third-order valence-electron chi connectivity index (χ3n) is 2.48. The van der Waals surface area contributed by atoms with Gasteiger partial charge in [0.05, 0.1) is 6.04 Å². The third-order valence-corrected chi connectivity index (χ3v) is 2.48. The fraction of sp³-hybridized carbons (Fsp3) is 0.250. The summed E-state index contributed by atoms with van der Waals surface area (Å²) in [6.45, 7) is 3.67. The number of aromatic nitrogens is 3. The van der Waals surface area contributed by atoms with Gasteiger partial charge in [0.25, 0.3) is 0 Å². The molecule has 0 aliphatic carbocycles. The minimum atomic E-state index is -0.258. The van der Waals surface area contributed by atoms with Gasteiger partial charge in [-0.25, -0.2) is 4.39 Å². The van der Waals surface area contributed by atoms with Crippen LogP contribution in [0.5, 0.6) is 0 Å². The van der Waals surface area contributed by atoms with Crippen LogP contribution in [-0.2, 0) is 0 Å². The molecule has 1 aromatic heterocycles. The summed E-state index contributed by atoms with van der Waals surface area (Å²) in [7, 11) is 0. The van der Waals surface area contributed by atoms with Crippen molar-refractivity contribution in [2.45, 2.75) is 19.9 Å². The van der Waals surface area contributed by atoms with Gasteiger partial charge in [-0.05, 0) is 31.5 Å². The highest BCUT2D eigenvalue weighted by Crippen LogP contribution is 2.17. The van der Waals surface area contributed by atoms with Gasteiger partial charge in [0.15, 0.2) is 0 Å². The van der Waals surface area contributed by atoms with Gasteiger partial charge in [-0.2, -0.15) is 15.0 Å². The van der Waals surface area contributed by atoms with Crippen molar-refractivity contribution in [3.63, 3.8) is 0 Å². The van der Waals surface area contributed by atoms with E-state index in [1.807, 2.05) is 6.92 Å². The van der Waals surface area contributed by atoms with Crippen LogP contribution in [0.3, 0.4) is 0 Å². The number of aryl methyl sites for hydroxylation is 1. The second-order valence-electron chi connectivity index (χ2n) is 3.98. The molecule has 0 spiro atoms. The Labute approximate surface area is 104 Å². The Kier molecular flexibility index (Phi) is 3.36. The molecule has 1 atom stereocenters. The Balaban J connectivity index is 2.15. The summed E-state index contributed by atoms with van der Waals surface area (Å²) in [5.41, 5.74) is 6.48. The average molecular weight is 247 g/mol. The molecular formula is C12H14FN5. The van der Waals surface area contributed by atoms with Gasteiger partial charge in [-0.15, -0.1) is 0 Å². The first-order valence-electron chi connectivity index (χ1n) is 5.55. The minimum Gasteiger partial charge on any atom is -0.368 e. The van der Waals surface area contributed by atoms with E-state index in [1.165, 1.54) is 12.1 Å². The molecule has 0 amide bonds. The van der Waals surface area contributed by atoms with Crippen molar-refractivity contribution in [3.8, 4) is 0 Å². The highest BCUT2D eigenvalue weighted by Gasteiger charge is 2.08. The van der Waals surface area contributed by atoms with Crippen LogP contribution < -0.4 is 11.1 Å². The van der Waals surface area contributed by atoms with E-state index < -0.39 is 0 Å². The van der Waals surface area contributed by atoms with E-state index in [-0.39, 0.29) is 17.8 Å². The molecule has 0 saturated heterocycles. The number of nitrogen functional groups attached to an aromatic ring is 1. The highest BCUT2D eigenvalue weighted by atomic mass is 19.1. The first kappa shape index (κ1) is 12.2. The smallest absolute Gasteiger partial charge is 0.228 e. The van der Waals surface area contributed by atoms with E-state index in [1.54, 1.807) is 19.1 Å². The van der Waals surface area contributed by atoms with Crippen molar-refractivity contribution in [3.05, 3.63) is 41.5 Å². The van der Waals surface area contributed by atoms with E-state index in [0.29, 0.717) is 11.8 Å². The zero-order valence-corrected chi connectivity index (χ0v) is 10.2. The normalized spacial score (nSPS) is 12.2.